The SMILES string of the molecule is C[C@H]1CN(c2ncnc3c(F)c(-c4cccc5ccc(F)c(Cl)c45)ncc23)C[C@H](C)N1C(=O)OC(C)(C)C. The normalized spacial score (nSPS) is 18.3. The molecule has 2 atom stereocenters. The smallest absolute Gasteiger partial charge is 0.410 e. The van der Waals surface area contributed by atoms with Crippen molar-refractivity contribution in [1.29, 1.82) is 0 Å². The Balaban J connectivity index is 1.53. The Labute approximate surface area is 224 Å². The molecule has 0 spiro atoms. The number of piperazine rings is 1. The molecule has 198 valence electrons. The van der Waals surface area contributed by atoms with E-state index >= 15 is 4.39 Å². The van der Waals surface area contributed by atoms with Crippen LogP contribution in [-0.4, -0.2) is 56.7 Å². The van der Waals surface area contributed by atoms with Crippen LogP contribution in [0.5, 0.6) is 0 Å². The Morgan fingerprint density at radius 1 is 1.05 bits per heavy atom. The van der Waals surface area contributed by atoms with Gasteiger partial charge in [-0.3, -0.25) is 9.88 Å². The second kappa shape index (κ2) is 9.62. The lowest BCUT2D eigenvalue weighted by Crippen LogP contribution is -2.59. The molecule has 1 aliphatic heterocycles. The van der Waals surface area contributed by atoms with Gasteiger partial charge in [-0.25, -0.2) is 23.5 Å². The number of ether oxygens (including phenoxy) is 1. The van der Waals surface area contributed by atoms with Crippen molar-refractivity contribution in [2.75, 3.05) is 18.0 Å². The number of pyridine rings is 1. The Morgan fingerprint density at radius 2 is 1.76 bits per heavy atom. The molecule has 0 radical (unpaired) electrons. The zero-order valence-electron chi connectivity index (χ0n) is 21.8. The molecular formula is C28H28ClF2N5O2. The van der Waals surface area contributed by atoms with Crippen molar-refractivity contribution >= 4 is 45.2 Å². The highest BCUT2D eigenvalue weighted by atomic mass is 35.5. The van der Waals surface area contributed by atoms with E-state index in [9.17, 15) is 9.18 Å². The van der Waals surface area contributed by atoms with Crippen LogP contribution in [0.4, 0.5) is 19.4 Å². The molecule has 1 amide bonds. The number of halogens is 3. The van der Waals surface area contributed by atoms with Crippen LogP contribution in [0.25, 0.3) is 32.9 Å². The van der Waals surface area contributed by atoms with Gasteiger partial charge in [0, 0.05) is 30.2 Å². The van der Waals surface area contributed by atoms with E-state index in [0.29, 0.717) is 40.6 Å². The minimum absolute atomic E-state index is 0.0248. The number of fused-ring (bicyclic) bond motifs is 2. The fourth-order valence-electron chi connectivity index (χ4n) is 5.09. The monoisotopic (exact) mass is 539 g/mol. The molecule has 0 aliphatic carbocycles. The molecule has 3 heterocycles. The first-order valence-corrected chi connectivity index (χ1v) is 12.8. The molecule has 2 aromatic heterocycles. The molecule has 38 heavy (non-hydrogen) atoms. The zero-order valence-corrected chi connectivity index (χ0v) is 22.6. The van der Waals surface area contributed by atoms with Crippen molar-refractivity contribution in [2.24, 2.45) is 0 Å². The third-order valence-corrected chi connectivity index (χ3v) is 6.98. The average molecular weight is 540 g/mol. The highest BCUT2D eigenvalue weighted by Crippen LogP contribution is 2.38. The molecule has 7 nitrogen and oxygen atoms in total. The average Bonchev–Trinajstić information content (AvgIpc) is 2.84. The second-order valence-corrected chi connectivity index (χ2v) is 11.0. The number of nitrogens with zero attached hydrogens (tertiary/aromatic N) is 5. The molecule has 0 saturated carbocycles. The van der Waals surface area contributed by atoms with Crippen molar-refractivity contribution in [3.05, 3.63) is 59.5 Å². The van der Waals surface area contributed by atoms with Gasteiger partial charge in [0.05, 0.1) is 22.5 Å². The standard InChI is InChI=1S/C28H28ClF2N5O2/c1-15-12-35(13-16(2)36(15)27(37)38-28(3,4)5)26-19-11-32-24(23(31)25(19)33-14-34-26)18-8-6-7-17-9-10-20(30)22(29)21(17)18/h6-11,14-16H,12-13H2,1-5H3/t15-,16-/m0/s1. The van der Waals surface area contributed by atoms with Crippen LogP contribution in [0.3, 0.4) is 0 Å². The molecule has 1 aliphatic rings. The number of aromatic nitrogens is 3. The molecule has 0 N–H and O–H groups in total. The predicted octanol–water partition coefficient (Wildman–Crippen LogP) is 6.61. The van der Waals surface area contributed by atoms with Crippen LogP contribution in [0.2, 0.25) is 5.02 Å². The Morgan fingerprint density at radius 3 is 2.45 bits per heavy atom. The highest BCUT2D eigenvalue weighted by Gasteiger charge is 2.36. The van der Waals surface area contributed by atoms with E-state index in [1.54, 1.807) is 29.2 Å². The lowest BCUT2D eigenvalue weighted by atomic mass is 10.0. The van der Waals surface area contributed by atoms with Gasteiger partial charge in [-0.15, -0.1) is 0 Å². The van der Waals surface area contributed by atoms with Gasteiger partial charge in [-0.05, 0) is 46.1 Å². The fraction of sp³-hybridized carbons (Fsp3) is 0.357. The van der Waals surface area contributed by atoms with Crippen LogP contribution in [0, 0.1) is 11.6 Å². The summed E-state index contributed by atoms with van der Waals surface area (Å²) in [5, 5.41) is 1.41. The molecule has 2 aromatic carbocycles. The topological polar surface area (TPSA) is 71.5 Å². The van der Waals surface area contributed by atoms with Gasteiger partial charge in [-0.2, -0.15) is 0 Å². The van der Waals surface area contributed by atoms with E-state index in [1.807, 2.05) is 39.5 Å². The Kier molecular flexibility index (Phi) is 6.59. The summed E-state index contributed by atoms with van der Waals surface area (Å²) in [6, 6.07) is 7.71. The molecule has 0 bridgehead atoms. The van der Waals surface area contributed by atoms with Gasteiger partial charge in [0.25, 0.3) is 0 Å². The van der Waals surface area contributed by atoms with E-state index in [0.717, 1.165) is 0 Å². The third-order valence-electron chi connectivity index (χ3n) is 6.61. The molecule has 4 aromatic rings. The maximum Gasteiger partial charge on any atom is 0.410 e. The zero-order chi connectivity index (χ0) is 27.4. The van der Waals surface area contributed by atoms with Gasteiger partial charge in [0.1, 0.15) is 34.8 Å². The summed E-state index contributed by atoms with van der Waals surface area (Å²) in [6.07, 6.45) is 2.48. The van der Waals surface area contributed by atoms with E-state index in [4.69, 9.17) is 16.3 Å². The van der Waals surface area contributed by atoms with Crippen molar-refractivity contribution in [3.63, 3.8) is 0 Å². The van der Waals surface area contributed by atoms with Crippen LogP contribution in [0.1, 0.15) is 34.6 Å². The summed E-state index contributed by atoms with van der Waals surface area (Å²) < 4.78 is 35.8. The quantitative estimate of drug-likeness (QED) is 0.285. The van der Waals surface area contributed by atoms with Gasteiger partial charge in [0.15, 0.2) is 5.82 Å². The lowest BCUT2D eigenvalue weighted by molar-refractivity contribution is 0.00562. The van der Waals surface area contributed by atoms with E-state index in [1.165, 1.54) is 18.6 Å². The van der Waals surface area contributed by atoms with Gasteiger partial charge < -0.3 is 9.64 Å². The number of hydrogen-bond acceptors (Lipinski definition) is 6. The van der Waals surface area contributed by atoms with Gasteiger partial charge in [-0.1, -0.05) is 35.9 Å². The van der Waals surface area contributed by atoms with Crippen LogP contribution < -0.4 is 4.90 Å². The van der Waals surface area contributed by atoms with Crippen molar-refractivity contribution < 1.29 is 18.3 Å². The maximum absolute atomic E-state index is 16.0. The maximum atomic E-state index is 16.0. The summed E-state index contributed by atoms with van der Waals surface area (Å²) >= 11 is 6.28. The first-order chi connectivity index (χ1) is 18.0. The molecule has 1 fully saturated rings. The summed E-state index contributed by atoms with van der Waals surface area (Å²) in [5.74, 6) is -0.712. The van der Waals surface area contributed by atoms with Gasteiger partial charge in [0.2, 0.25) is 0 Å². The Hall–Kier alpha value is -3.59. The lowest BCUT2D eigenvalue weighted by Gasteiger charge is -2.45. The van der Waals surface area contributed by atoms with Crippen LogP contribution in [0.15, 0.2) is 42.9 Å². The number of hydrogen-bond donors (Lipinski definition) is 0. The van der Waals surface area contributed by atoms with Crippen molar-refractivity contribution in [1.82, 2.24) is 19.9 Å². The molecule has 10 heteroatoms. The van der Waals surface area contributed by atoms with E-state index < -0.39 is 17.2 Å². The van der Waals surface area contributed by atoms with Crippen LogP contribution in [-0.2, 0) is 4.74 Å². The number of anilines is 1. The number of carbonyl (C=O) groups excluding carboxylic acids is 1. The number of amides is 1. The van der Waals surface area contributed by atoms with Crippen LogP contribution >= 0.6 is 11.6 Å². The number of benzene rings is 2. The van der Waals surface area contributed by atoms with Crippen molar-refractivity contribution in [2.45, 2.75) is 52.3 Å². The van der Waals surface area contributed by atoms with Crippen molar-refractivity contribution in [3.8, 4) is 11.3 Å². The molecule has 0 unspecified atom stereocenters. The highest BCUT2D eigenvalue weighted by molar-refractivity contribution is 6.36. The largest absolute Gasteiger partial charge is 0.444 e. The fourth-order valence-corrected chi connectivity index (χ4v) is 5.37. The summed E-state index contributed by atoms with van der Waals surface area (Å²) in [7, 11) is 0. The number of rotatable bonds is 2. The Bertz CT molecular complexity index is 1550. The molecule has 1 saturated heterocycles. The van der Waals surface area contributed by atoms with E-state index in [-0.39, 0.29) is 34.4 Å². The molecule has 5 rings (SSSR count). The third kappa shape index (κ3) is 4.60. The first kappa shape index (κ1) is 26.0. The minimum atomic E-state index is -0.646. The molecular weight excluding hydrogens is 512 g/mol. The second-order valence-electron chi connectivity index (χ2n) is 10.6. The van der Waals surface area contributed by atoms with Gasteiger partial charge >= 0.3 is 6.09 Å². The predicted molar refractivity (Wildman–Crippen MR) is 144 cm³/mol. The minimum Gasteiger partial charge on any atom is -0.444 e. The summed E-state index contributed by atoms with van der Waals surface area (Å²) in [4.78, 5) is 29.6. The summed E-state index contributed by atoms with van der Waals surface area (Å²) in [6.45, 7) is 10.3. The first-order valence-electron chi connectivity index (χ1n) is 12.4. The number of carbonyl (C=O) groups is 1. The van der Waals surface area contributed by atoms with E-state index in [2.05, 4.69) is 15.0 Å². The summed E-state index contributed by atoms with van der Waals surface area (Å²) in [5.41, 5.74) is -0.103.